The van der Waals surface area contributed by atoms with Crippen LogP contribution in [0.5, 0.6) is 0 Å². The van der Waals surface area contributed by atoms with Gasteiger partial charge in [-0.05, 0) is 12.1 Å². The van der Waals surface area contributed by atoms with Crippen molar-refractivity contribution in [2.24, 2.45) is 4.99 Å². The van der Waals surface area contributed by atoms with E-state index in [9.17, 15) is 9.59 Å². The van der Waals surface area contributed by atoms with Gasteiger partial charge in [0.2, 0.25) is 16.9 Å². The van der Waals surface area contributed by atoms with Gasteiger partial charge in [-0.3, -0.25) is 14.5 Å². The number of amides is 2. The van der Waals surface area contributed by atoms with E-state index in [0.29, 0.717) is 10.3 Å². The highest BCUT2D eigenvalue weighted by atomic mass is 32.2. The maximum Gasteiger partial charge on any atom is 0.242 e. The Labute approximate surface area is 141 Å². The van der Waals surface area contributed by atoms with Gasteiger partial charge in [0.1, 0.15) is 5.25 Å². The molecule has 0 spiro atoms. The predicted octanol–water partition coefficient (Wildman–Crippen LogP) is 2.73. The van der Waals surface area contributed by atoms with Gasteiger partial charge in [-0.15, -0.1) is 11.3 Å². The van der Waals surface area contributed by atoms with Crippen LogP contribution in [0.25, 0.3) is 0 Å². The van der Waals surface area contributed by atoms with E-state index in [0.717, 1.165) is 5.69 Å². The number of aromatic nitrogens is 1. The minimum atomic E-state index is -0.456. The second kappa shape index (κ2) is 6.93. The van der Waals surface area contributed by atoms with E-state index in [-0.39, 0.29) is 18.2 Å². The molecule has 1 aromatic heterocycles. The molecule has 8 heteroatoms. The molecule has 1 aliphatic heterocycles. The largest absolute Gasteiger partial charge is 0.326 e. The van der Waals surface area contributed by atoms with Gasteiger partial charge in [-0.25, -0.2) is 4.98 Å². The van der Waals surface area contributed by atoms with E-state index in [1.807, 2.05) is 35.7 Å². The number of amidine groups is 1. The standard InChI is InChI=1S/C15H14N4O2S2/c1-19-13(21)11(23-15(19)18-14-16-7-8-22-14)9-12(20)17-10-5-3-2-4-6-10/h2-8,11H,9H2,1H3,(H,17,20)/t11-/m1/s1. The van der Waals surface area contributed by atoms with Crippen LogP contribution in [0.3, 0.4) is 0 Å². The fourth-order valence-electron chi connectivity index (χ4n) is 2.05. The first-order valence-corrected chi connectivity index (χ1v) is 8.67. The van der Waals surface area contributed by atoms with Crippen LogP contribution in [0.4, 0.5) is 10.8 Å². The van der Waals surface area contributed by atoms with Crippen LogP contribution in [0.1, 0.15) is 6.42 Å². The lowest BCUT2D eigenvalue weighted by atomic mass is 10.2. The molecule has 1 fully saturated rings. The first-order chi connectivity index (χ1) is 11.1. The number of anilines is 1. The summed E-state index contributed by atoms with van der Waals surface area (Å²) in [6.07, 6.45) is 1.77. The van der Waals surface area contributed by atoms with Crippen LogP contribution in [0, 0.1) is 0 Å². The van der Waals surface area contributed by atoms with Crippen LogP contribution < -0.4 is 5.32 Å². The molecule has 2 heterocycles. The number of nitrogens with one attached hydrogen (secondary N) is 1. The number of rotatable bonds is 4. The maximum absolute atomic E-state index is 12.3. The van der Waals surface area contributed by atoms with Crippen molar-refractivity contribution in [1.82, 2.24) is 9.88 Å². The van der Waals surface area contributed by atoms with Gasteiger partial charge in [0.15, 0.2) is 5.17 Å². The highest BCUT2D eigenvalue weighted by Gasteiger charge is 2.37. The van der Waals surface area contributed by atoms with E-state index in [1.54, 1.807) is 13.2 Å². The molecular formula is C15H14N4O2S2. The van der Waals surface area contributed by atoms with Crippen LogP contribution in [0.2, 0.25) is 0 Å². The predicted molar refractivity (Wildman–Crippen MR) is 93.0 cm³/mol. The summed E-state index contributed by atoms with van der Waals surface area (Å²) in [7, 11) is 1.66. The average molecular weight is 346 g/mol. The molecule has 0 saturated carbocycles. The number of carbonyl (C=O) groups is 2. The summed E-state index contributed by atoms with van der Waals surface area (Å²) in [4.78, 5) is 34.3. The van der Waals surface area contributed by atoms with Crippen molar-refractivity contribution in [1.29, 1.82) is 0 Å². The van der Waals surface area contributed by atoms with Crippen molar-refractivity contribution >= 4 is 50.9 Å². The number of thiazole rings is 1. The smallest absolute Gasteiger partial charge is 0.242 e. The third-order valence-electron chi connectivity index (χ3n) is 3.18. The molecular weight excluding hydrogens is 332 g/mol. The molecule has 1 saturated heterocycles. The molecule has 1 aromatic carbocycles. The third-order valence-corrected chi connectivity index (χ3v) is 5.07. The second-order valence-electron chi connectivity index (χ2n) is 4.83. The number of thioether (sulfide) groups is 1. The van der Waals surface area contributed by atoms with Crippen LogP contribution >= 0.6 is 23.1 Å². The monoisotopic (exact) mass is 346 g/mol. The summed E-state index contributed by atoms with van der Waals surface area (Å²) in [5, 5.41) is 5.33. The van der Waals surface area contributed by atoms with Crippen molar-refractivity contribution < 1.29 is 9.59 Å². The SMILES string of the molecule is CN1C(=O)[C@@H](CC(=O)Nc2ccccc2)SC1=Nc1nccs1. The number of aliphatic imine (C=N–C) groups is 1. The average Bonchev–Trinajstić information content (AvgIpc) is 3.14. The molecule has 0 radical (unpaired) electrons. The zero-order valence-corrected chi connectivity index (χ0v) is 13.9. The molecule has 23 heavy (non-hydrogen) atoms. The van der Waals surface area contributed by atoms with Gasteiger partial charge in [0.25, 0.3) is 0 Å². The topological polar surface area (TPSA) is 74.7 Å². The minimum absolute atomic E-state index is 0.111. The van der Waals surface area contributed by atoms with Gasteiger partial charge in [0.05, 0.1) is 0 Å². The minimum Gasteiger partial charge on any atom is -0.326 e. The Kier molecular flexibility index (Phi) is 4.73. The fourth-order valence-corrected chi connectivity index (χ4v) is 3.75. The van der Waals surface area contributed by atoms with Crippen molar-refractivity contribution in [2.75, 3.05) is 12.4 Å². The lowest BCUT2D eigenvalue weighted by Crippen LogP contribution is -2.30. The van der Waals surface area contributed by atoms with E-state index in [2.05, 4.69) is 15.3 Å². The summed E-state index contributed by atoms with van der Waals surface area (Å²) in [5.74, 6) is -0.306. The first kappa shape index (κ1) is 15.7. The lowest BCUT2D eigenvalue weighted by Gasteiger charge is -2.09. The van der Waals surface area contributed by atoms with Crippen molar-refractivity contribution in [3.05, 3.63) is 41.9 Å². The Hall–Kier alpha value is -2.19. The van der Waals surface area contributed by atoms with E-state index in [4.69, 9.17) is 0 Å². The van der Waals surface area contributed by atoms with Gasteiger partial charge >= 0.3 is 0 Å². The number of carbonyl (C=O) groups excluding carboxylic acids is 2. The molecule has 1 atom stereocenters. The molecule has 2 amide bonds. The van der Waals surface area contributed by atoms with Gasteiger partial charge in [0, 0.05) is 30.7 Å². The second-order valence-corrected chi connectivity index (χ2v) is 6.87. The van der Waals surface area contributed by atoms with Gasteiger partial charge in [-0.2, -0.15) is 4.99 Å². The molecule has 0 aliphatic carbocycles. The molecule has 2 aromatic rings. The third kappa shape index (κ3) is 3.77. The highest BCUT2D eigenvalue weighted by Crippen LogP contribution is 2.31. The number of nitrogens with zero attached hydrogens (tertiary/aromatic N) is 3. The van der Waals surface area contributed by atoms with Crippen LogP contribution in [-0.2, 0) is 9.59 Å². The Morgan fingerprint density at radius 2 is 2.17 bits per heavy atom. The summed E-state index contributed by atoms with van der Waals surface area (Å²) in [6.45, 7) is 0. The van der Waals surface area contributed by atoms with Gasteiger partial charge < -0.3 is 5.32 Å². The fraction of sp³-hybridized carbons (Fsp3) is 0.200. The summed E-state index contributed by atoms with van der Waals surface area (Å²) < 4.78 is 0. The quantitative estimate of drug-likeness (QED) is 0.924. The summed E-state index contributed by atoms with van der Waals surface area (Å²) >= 11 is 2.70. The Bertz CT molecular complexity index is 731. The molecule has 1 aliphatic rings. The molecule has 1 N–H and O–H groups in total. The van der Waals surface area contributed by atoms with Crippen molar-refractivity contribution in [2.45, 2.75) is 11.7 Å². The van der Waals surface area contributed by atoms with Crippen molar-refractivity contribution in [3.63, 3.8) is 0 Å². The Morgan fingerprint density at radius 1 is 1.39 bits per heavy atom. The maximum atomic E-state index is 12.3. The normalized spacial score (nSPS) is 19.3. The summed E-state index contributed by atoms with van der Waals surface area (Å²) in [5.41, 5.74) is 0.720. The zero-order valence-electron chi connectivity index (χ0n) is 12.3. The van der Waals surface area contributed by atoms with Crippen LogP contribution in [-0.4, -0.2) is 39.2 Å². The molecule has 0 bridgehead atoms. The highest BCUT2D eigenvalue weighted by molar-refractivity contribution is 8.15. The molecule has 3 rings (SSSR count). The number of hydrogen-bond donors (Lipinski definition) is 1. The Balaban J connectivity index is 1.64. The van der Waals surface area contributed by atoms with Gasteiger partial charge in [-0.1, -0.05) is 30.0 Å². The number of para-hydroxylation sites is 1. The zero-order chi connectivity index (χ0) is 16.2. The van der Waals surface area contributed by atoms with Crippen LogP contribution in [0.15, 0.2) is 46.9 Å². The van der Waals surface area contributed by atoms with Crippen molar-refractivity contribution in [3.8, 4) is 0 Å². The Morgan fingerprint density at radius 3 is 2.87 bits per heavy atom. The summed E-state index contributed by atoms with van der Waals surface area (Å²) in [6, 6.07) is 9.18. The number of hydrogen-bond acceptors (Lipinski definition) is 6. The van der Waals surface area contributed by atoms with E-state index >= 15 is 0 Å². The van der Waals surface area contributed by atoms with E-state index in [1.165, 1.54) is 28.0 Å². The molecule has 6 nitrogen and oxygen atoms in total. The van der Waals surface area contributed by atoms with E-state index < -0.39 is 5.25 Å². The lowest BCUT2D eigenvalue weighted by molar-refractivity contribution is -0.127. The first-order valence-electron chi connectivity index (χ1n) is 6.91. The number of benzene rings is 1. The molecule has 118 valence electrons. The molecule has 0 unspecified atom stereocenters.